The summed E-state index contributed by atoms with van der Waals surface area (Å²) in [6.45, 7) is 1.96. The molecular weight excluding hydrogens is 330 g/mol. The van der Waals surface area contributed by atoms with Crippen molar-refractivity contribution in [3.8, 4) is 0 Å². The molecule has 0 saturated carbocycles. The van der Waals surface area contributed by atoms with Gasteiger partial charge < -0.3 is 5.32 Å². The second kappa shape index (κ2) is 7.06. The lowest BCUT2D eigenvalue weighted by molar-refractivity contribution is -0.119. The molecule has 0 fully saturated rings. The Balaban J connectivity index is 1.58. The largest absolute Gasteiger partial charge is 0.349 e. The molecule has 1 aromatic carbocycles. The minimum Gasteiger partial charge on any atom is -0.349 e. The maximum Gasteiger partial charge on any atom is 0.230 e. The summed E-state index contributed by atoms with van der Waals surface area (Å²) in [5, 5.41) is 4.49. The van der Waals surface area contributed by atoms with Gasteiger partial charge in [0.1, 0.15) is 0 Å². The molecule has 0 bridgehead atoms. The molecule has 0 radical (unpaired) electrons. The van der Waals surface area contributed by atoms with E-state index >= 15 is 0 Å². The van der Waals surface area contributed by atoms with Crippen LogP contribution >= 0.6 is 23.4 Å². The molecule has 0 aliphatic rings. The Hall–Kier alpha value is -1.98. The average Bonchev–Trinajstić information content (AvgIpc) is 2.97. The van der Waals surface area contributed by atoms with E-state index < -0.39 is 0 Å². The van der Waals surface area contributed by atoms with Crippen molar-refractivity contribution in [1.29, 1.82) is 0 Å². The first-order chi connectivity index (χ1) is 11.1. The quantitative estimate of drug-likeness (QED) is 0.712. The van der Waals surface area contributed by atoms with Crippen LogP contribution in [0.15, 0.2) is 60.0 Å². The van der Waals surface area contributed by atoms with Gasteiger partial charge in [-0.3, -0.25) is 9.20 Å². The van der Waals surface area contributed by atoms with Crippen LogP contribution < -0.4 is 5.32 Å². The van der Waals surface area contributed by atoms with Crippen LogP contribution in [0.5, 0.6) is 0 Å². The second-order valence-electron chi connectivity index (χ2n) is 5.17. The number of hydrogen-bond donors (Lipinski definition) is 1. The lowest BCUT2D eigenvalue weighted by Gasteiger charge is -2.14. The van der Waals surface area contributed by atoms with Gasteiger partial charge in [-0.15, -0.1) is 0 Å². The predicted octanol–water partition coefficient (Wildman–Crippen LogP) is 3.96. The van der Waals surface area contributed by atoms with Crippen molar-refractivity contribution < 1.29 is 4.79 Å². The van der Waals surface area contributed by atoms with Crippen LogP contribution in [0.1, 0.15) is 18.5 Å². The van der Waals surface area contributed by atoms with Crippen LogP contribution in [-0.4, -0.2) is 21.0 Å². The Morgan fingerprint density at radius 2 is 2.09 bits per heavy atom. The highest BCUT2D eigenvalue weighted by molar-refractivity contribution is 7.99. The molecule has 0 aliphatic heterocycles. The van der Waals surface area contributed by atoms with Gasteiger partial charge >= 0.3 is 0 Å². The molecule has 3 rings (SSSR count). The van der Waals surface area contributed by atoms with Crippen molar-refractivity contribution in [2.24, 2.45) is 0 Å². The van der Waals surface area contributed by atoms with Gasteiger partial charge in [0, 0.05) is 11.2 Å². The van der Waals surface area contributed by atoms with Crippen LogP contribution in [-0.2, 0) is 4.79 Å². The number of pyridine rings is 1. The summed E-state index contributed by atoms with van der Waals surface area (Å²) in [7, 11) is 0. The summed E-state index contributed by atoms with van der Waals surface area (Å²) in [5.74, 6) is 0.302. The molecule has 4 nitrogen and oxygen atoms in total. The highest BCUT2D eigenvalue weighted by atomic mass is 35.5. The van der Waals surface area contributed by atoms with Gasteiger partial charge in [-0.1, -0.05) is 41.6 Å². The number of carbonyl (C=O) groups is 1. The molecule has 1 atom stereocenters. The van der Waals surface area contributed by atoms with Crippen LogP contribution in [0.2, 0.25) is 5.02 Å². The van der Waals surface area contributed by atoms with Gasteiger partial charge in [0.2, 0.25) is 5.91 Å². The number of rotatable bonds is 5. The molecule has 2 heterocycles. The molecule has 1 N–H and O–H groups in total. The van der Waals surface area contributed by atoms with Crippen molar-refractivity contribution in [1.82, 2.24) is 14.7 Å². The molecule has 0 aliphatic carbocycles. The molecule has 118 valence electrons. The Morgan fingerprint density at radius 3 is 2.87 bits per heavy atom. The number of hydrogen-bond acceptors (Lipinski definition) is 3. The average molecular weight is 346 g/mol. The number of amides is 1. The number of fused-ring (bicyclic) bond motifs is 1. The highest BCUT2D eigenvalue weighted by Gasteiger charge is 2.11. The summed E-state index contributed by atoms with van der Waals surface area (Å²) in [4.78, 5) is 16.5. The van der Waals surface area contributed by atoms with E-state index in [-0.39, 0.29) is 11.9 Å². The Kier molecular flexibility index (Phi) is 4.88. The van der Waals surface area contributed by atoms with E-state index in [1.807, 2.05) is 60.0 Å². The molecule has 1 amide bonds. The molecule has 2 aromatic heterocycles. The highest BCUT2D eigenvalue weighted by Crippen LogP contribution is 2.19. The van der Waals surface area contributed by atoms with E-state index in [1.165, 1.54) is 11.8 Å². The Morgan fingerprint density at radius 1 is 1.30 bits per heavy atom. The summed E-state index contributed by atoms with van der Waals surface area (Å²) in [6.07, 6.45) is 3.75. The lowest BCUT2D eigenvalue weighted by atomic mass is 10.1. The first-order valence-corrected chi connectivity index (χ1v) is 8.59. The van der Waals surface area contributed by atoms with Gasteiger partial charge in [0.15, 0.2) is 5.16 Å². The number of aromatic nitrogens is 2. The summed E-state index contributed by atoms with van der Waals surface area (Å²) >= 11 is 7.30. The number of halogens is 1. The number of benzene rings is 1. The van der Waals surface area contributed by atoms with Crippen LogP contribution in [0.3, 0.4) is 0 Å². The minimum absolute atomic E-state index is 0.0230. The van der Waals surface area contributed by atoms with Gasteiger partial charge in [-0.05, 0) is 36.8 Å². The van der Waals surface area contributed by atoms with Gasteiger partial charge in [-0.25, -0.2) is 4.98 Å². The summed E-state index contributed by atoms with van der Waals surface area (Å²) < 4.78 is 1.97. The zero-order valence-electron chi connectivity index (χ0n) is 12.6. The SMILES string of the molecule is CC(NC(=O)CSc1ncc2ccccn12)c1ccc(Cl)cc1. The Bertz CT molecular complexity index is 816. The molecule has 1 unspecified atom stereocenters. The summed E-state index contributed by atoms with van der Waals surface area (Å²) in [6, 6.07) is 13.3. The summed E-state index contributed by atoms with van der Waals surface area (Å²) in [5.41, 5.74) is 2.05. The van der Waals surface area contributed by atoms with E-state index in [1.54, 1.807) is 6.20 Å². The van der Waals surface area contributed by atoms with Gasteiger partial charge in [0.05, 0.1) is 23.5 Å². The predicted molar refractivity (Wildman–Crippen MR) is 93.9 cm³/mol. The third kappa shape index (κ3) is 3.86. The third-order valence-corrected chi connectivity index (χ3v) is 4.70. The first-order valence-electron chi connectivity index (χ1n) is 7.23. The standard InChI is InChI=1S/C17H16ClN3OS/c1-12(13-5-7-14(18)8-6-13)20-16(22)11-23-17-19-10-15-4-2-3-9-21(15)17/h2-10,12H,11H2,1H3,(H,20,22). The molecule has 6 heteroatoms. The first kappa shape index (κ1) is 15.9. The van der Waals surface area contributed by atoms with Crippen molar-refractivity contribution >= 4 is 34.8 Å². The minimum atomic E-state index is -0.0580. The smallest absolute Gasteiger partial charge is 0.230 e. The zero-order valence-corrected chi connectivity index (χ0v) is 14.1. The normalized spacial score (nSPS) is 12.3. The topological polar surface area (TPSA) is 46.4 Å². The third-order valence-electron chi connectivity index (χ3n) is 3.48. The second-order valence-corrected chi connectivity index (χ2v) is 6.54. The zero-order chi connectivity index (χ0) is 16.2. The van der Waals surface area contributed by atoms with Crippen LogP contribution in [0.4, 0.5) is 0 Å². The number of thioether (sulfide) groups is 1. The van der Waals surface area contributed by atoms with Gasteiger partial charge in [-0.2, -0.15) is 0 Å². The maximum absolute atomic E-state index is 12.1. The fraction of sp³-hybridized carbons (Fsp3) is 0.176. The molecule has 0 saturated heterocycles. The number of imidazole rings is 1. The molecule has 23 heavy (non-hydrogen) atoms. The van der Waals surface area contributed by atoms with E-state index in [9.17, 15) is 4.79 Å². The van der Waals surface area contributed by atoms with E-state index in [0.29, 0.717) is 10.8 Å². The molecule has 3 aromatic rings. The number of nitrogens with one attached hydrogen (secondary N) is 1. The van der Waals surface area contributed by atoms with E-state index in [2.05, 4.69) is 10.3 Å². The number of nitrogens with zero attached hydrogens (tertiary/aromatic N) is 2. The van der Waals surface area contributed by atoms with Gasteiger partial charge in [0.25, 0.3) is 0 Å². The van der Waals surface area contributed by atoms with Crippen molar-refractivity contribution in [2.45, 2.75) is 18.1 Å². The Labute approximate surface area is 143 Å². The van der Waals surface area contributed by atoms with Crippen molar-refractivity contribution in [3.63, 3.8) is 0 Å². The van der Waals surface area contributed by atoms with Crippen molar-refractivity contribution in [3.05, 3.63) is 65.4 Å². The lowest BCUT2D eigenvalue weighted by Crippen LogP contribution is -2.28. The van der Waals surface area contributed by atoms with E-state index in [4.69, 9.17) is 11.6 Å². The maximum atomic E-state index is 12.1. The van der Waals surface area contributed by atoms with Crippen LogP contribution in [0, 0.1) is 0 Å². The van der Waals surface area contributed by atoms with Crippen molar-refractivity contribution in [2.75, 3.05) is 5.75 Å². The van der Waals surface area contributed by atoms with Crippen LogP contribution in [0.25, 0.3) is 5.52 Å². The monoisotopic (exact) mass is 345 g/mol. The molecular formula is C17H16ClN3OS. The fourth-order valence-corrected chi connectivity index (χ4v) is 3.18. The number of carbonyl (C=O) groups excluding carboxylic acids is 1. The molecule has 0 spiro atoms. The fourth-order valence-electron chi connectivity index (χ4n) is 2.27. The van der Waals surface area contributed by atoms with E-state index in [0.717, 1.165) is 16.2 Å².